The van der Waals surface area contributed by atoms with Gasteiger partial charge in [-0.05, 0) is 18.1 Å². The third-order valence-corrected chi connectivity index (χ3v) is 3.26. The van der Waals surface area contributed by atoms with Crippen LogP contribution >= 0.6 is 11.3 Å². The SMILES string of the molecule is C=CCc1cccc(F)c1-c1ncc(C=O)s1. The van der Waals surface area contributed by atoms with Crippen molar-refractivity contribution in [3.8, 4) is 10.6 Å². The number of halogens is 1. The van der Waals surface area contributed by atoms with E-state index in [2.05, 4.69) is 11.6 Å². The molecule has 2 nitrogen and oxygen atoms in total. The second-order valence-electron chi connectivity index (χ2n) is 3.45. The average molecular weight is 247 g/mol. The Morgan fingerprint density at radius 3 is 2.94 bits per heavy atom. The summed E-state index contributed by atoms with van der Waals surface area (Å²) in [5.41, 5.74) is 1.29. The van der Waals surface area contributed by atoms with Crippen LogP contribution in [0.25, 0.3) is 10.6 Å². The van der Waals surface area contributed by atoms with Crippen molar-refractivity contribution in [2.45, 2.75) is 6.42 Å². The maximum atomic E-state index is 13.8. The minimum absolute atomic E-state index is 0.323. The van der Waals surface area contributed by atoms with Gasteiger partial charge in [0.1, 0.15) is 10.8 Å². The Morgan fingerprint density at radius 1 is 1.47 bits per heavy atom. The van der Waals surface area contributed by atoms with Gasteiger partial charge >= 0.3 is 0 Å². The topological polar surface area (TPSA) is 30.0 Å². The van der Waals surface area contributed by atoms with Gasteiger partial charge in [-0.2, -0.15) is 0 Å². The molecule has 4 heteroatoms. The Labute approximate surface area is 102 Å². The minimum Gasteiger partial charge on any atom is -0.297 e. The number of aromatic nitrogens is 1. The summed E-state index contributed by atoms with van der Waals surface area (Å²) in [6.45, 7) is 3.65. The van der Waals surface area contributed by atoms with Crippen molar-refractivity contribution < 1.29 is 9.18 Å². The molecular weight excluding hydrogens is 237 g/mol. The third kappa shape index (κ3) is 2.31. The molecule has 0 aliphatic heterocycles. The molecule has 2 rings (SSSR count). The number of allylic oxidation sites excluding steroid dienone is 1. The molecule has 0 spiro atoms. The Hall–Kier alpha value is -1.81. The zero-order chi connectivity index (χ0) is 12.3. The normalized spacial score (nSPS) is 10.2. The molecule has 0 atom stereocenters. The first-order valence-corrected chi connectivity index (χ1v) is 5.87. The number of thiazole rings is 1. The number of benzene rings is 1. The molecule has 0 N–H and O–H groups in total. The van der Waals surface area contributed by atoms with Gasteiger partial charge in [-0.3, -0.25) is 4.79 Å². The lowest BCUT2D eigenvalue weighted by atomic mass is 10.0. The highest BCUT2D eigenvalue weighted by Crippen LogP contribution is 2.30. The Morgan fingerprint density at radius 2 is 2.29 bits per heavy atom. The molecule has 0 aliphatic carbocycles. The third-order valence-electron chi connectivity index (χ3n) is 2.32. The molecule has 1 aromatic heterocycles. The van der Waals surface area contributed by atoms with E-state index in [1.165, 1.54) is 23.6 Å². The van der Waals surface area contributed by atoms with Crippen LogP contribution in [-0.4, -0.2) is 11.3 Å². The highest BCUT2D eigenvalue weighted by atomic mass is 32.1. The van der Waals surface area contributed by atoms with E-state index in [0.29, 0.717) is 21.9 Å². The number of carbonyl (C=O) groups excluding carboxylic acids is 1. The van der Waals surface area contributed by atoms with E-state index in [9.17, 15) is 9.18 Å². The lowest BCUT2D eigenvalue weighted by molar-refractivity contribution is 0.112. The molecule has 86 valence electrons. The molecule has 0 fully saturated rings. The van der Waals surface area contributed by atoms with Gasteiger partial charge in [0, 0.05) is 11.8 Å². The van der Waals surface area contributed by atoms with Gasteiger partial charge in [0.2, 0.25) is 0 Å². The van der Waals surface area contributed by atoms with E-state index < -0.39 is 0 Å². The molecule has 2 aromatic rings. The summed E-state index contributed by atoms with van der Waals surface area (Å²) in [4.78, 5) is 15.2. The second kappa shape index (κ2) is 5.01. The molecule has 0 radical (unpaired) electrons. The van der Waals surface area contributed by atoms with Crippen molar-refractivity contribution >= 4 is 17.6 Å². The molecule has 17 heavy (non-hydrogen) atoms. The first kappa shape index (κ1) is 11.7. The fourth-order valence-corrected chi connectivity index (χ4v) is 2.40. The first-order valence-electron chi connectivity index (χ1n) is 5.06. The van der Waals surface area contributed by atoms with Crippen molar-refractivity contribution in [3.05, 3.63) is 53.3 Å². The predicted molar refractivity (Wildman–Crippen MR) is 66.8 cm³/mol. The fraction of sp³-hybridized carbons (Fsp3) is 0.0769. The molecule has 0 saturated heterocycles. The van der Waals surface area contributed by atoms with Crippen LogP contribution in [0.15, 0.2) is 37.1 Å². The Bertz CT molecular complexity index is 562. The molecule has 0 unspecified atom stereocenters. The minimum atomic E-state index is -0.323. The van der Waals surface area contributed by atoms with Crippen LogP contribution in [0.4, 0.5) is 4.39 Å². The van der Waals surface area contributed by atoms with Crippen molar-refractivity contribution in [3.63, 3.8) is 0 Å². The molecule has 1 heterocycles. The number of hydrogen-bond acceptors (Lipinski definition) is 3. The van der Waals surface area contributed by atoms with E-state index in [0.717, 1.165) is 11.8 Å². The summed E-state index contributed by atoms with van der Waals surface area (Å²) in [6, 6.07) is 4.89. The van der Waals surface area contributed by atoms with Crippen LogP contribution in [0, 0.1) is 5.82 Å². The maximum absolute atomic E-state index is 13.8. The van der Waals surface area contributed by atoms with Gasteiger partial charge in [0.15, 0.2) is 6.29 Å². The summed E-state index contributed by atoms with van der Waals surface area (Å²) >= 11 is 1.19. The highest BCUT2D eigenvalue weighted by molar-refractivity contribution is 7.16. The zero-order valence-electron chi connectivity index (χ0n) is 9.02. The summed E-state index contributed by atoms with van der Waals surface area (Å²) in [5, 5.41) is 0.530. The van der Waals surface area contributed by atoms with E-state index in [-0.39, 0.29) is 5.82 Å². The quantitative estimate of drug-likeness (QED) is 0.611. The fourth-order valence-electron chi connectivity index (χ4n) is 1.59. The van der Waals surface area contributed by atoms with Crippen LogP contribution in [0.1, 0.15) is 15.2 Å². The van der Waals surface area contributed by atoms with Crippen LogP contribution in [0.2, 0.25) is 0 Å². The number of carbonyl (C=O) groups is 1. The van der Waals surface area contributed by atoms with Crippen molar-refractivity contribution in [2.75, 3.05) is 0 Å². The number of aldehydes is 1. The van der Waals surface area contributed by atoms with Crippen LogP contribution < -0.4 is 0 Å². The van der Waals surface area contributed by atoms with Gasteiger partial charge in [-0.25, -0.2) is 9.37 Å². The smallest absolute Gasteiger partial charge is 0.161 e. The zero-order valence-corrected chi connectivity index (χ0v) is 9.84. The molecule has 1 aromatic carbocycles. The van der Waals surface area contributed by atoms with Gasteiger partial charge < -0.3 is 0 Å². The van der Waals surface area contributed by atoms with E-state index in [4.69, 9.17) is 0 Å². The average Bonchev–Trinajstić information content (AvgIpc) is 2.78. The highest BCUT2D eigenvalue weighted by Gasteiger charge is 2.13. The van der Waals surface area contributed by atoms with Crippen molar-refractivity contribution in [1.82, 2.24) is 4.98 Å². The van der Waals surface area contributed by atoms with Crippen molar-refractivity contribution in [1.29, 1.82) is 0 Å². The number of hydrogen-bond donors (Lipinski definition) is 0. The lowest BCUT2D eigenvalue weighted by Gasteiger charge is -2.05. The van der Waals surface area contributed by atoms with Gasteiger partial charge in [-0.1, -0.05) is 18.2 Å². The predicted octanol–water partition coefficient (Wildman–Crippen LogP) is 3.49. The second-order valence-corrected chi connectivity index (χ2v) is 4.51. The Balaban J connectivity index is 2.55. The maximum Gasteiger partial charge on any atom is 0.161 e. The largest absolute Gasteiger partial charge is 0.297 e. The van der Waals surface area contributed by atoms with Crippen molar-refractivity contribution in [2.24, 2.45) is 0 Å². The first-order chi connectivity index (χ1) is 8.26. The van der Waals surface area contributed by atoms with E-state index in [1.807, 2.05) is 6.07 Å². The summed E-state index contributed by atoms with van der Waals surface area (Å²) < 4.78 is 13.8. The Kier molecular flexibility index (Phi) is 3.44. The van der Waals surface area contributed by atoms with Gasteiger partial charge in [0.05, 0.1) is 4.88 Å². The monoisotopic (exact) mass is 247 g/mol. The summed E-state index contributed by atoms with van der Waals surface area (Å²) in [6.07, 6.45) is 4.46. The summed E-state index contributed by atoms with van der Waals surface area (Å²) in [7, 11) is 0. The van der Waals surface area contributed by atoms with Crippen LogP contribution in [0.5, 0.6) is 0 Å². The number of nitrogens with zero attached hydrogens (tertiary/aromatic N) is 1. The van der Waals surface area contributed by atoms with E-state index in [1.54, 1.807) is 12.1 Å². The lowest BCUT2D eigenvalue weighted by Crippen LogP contribution is -1.91. The molecule has 0 aliphatic rings. The van der Waals surface area contributed by atoms with Crippen LogP contribution in [0.3, 0.4) is 0 Å². The molecular formula is C13H10FNOS. The van der Waals surface area contributed by atoms with Gasteiger partial charge in [-0.15, -0.1) is 17.9 Å². The molecule has 0 saturated carbocycles. The van der Waals surface area contributed by atoms with Crippen LogP contribution in [-0.2, 0) is 6.42 Å². The van der Waals surface area contributed by atoms with Gasteiger partial charge in [0.25, 0.3) is 0 Å². The molecule has 0 bridgehead atoms. The standard InChI is InChI=1S/C13H10FNOS/c1-2-4-9-5-3-6-11(14)12(9)13-15-7-10(8-16)17-13/h2-3,5-8H,1,4H2. The molecule has 0 amide bonds. The van der Waals surface area contributed by atoms with E-state index >= 15 is 0 Å². The summed E-state index contributed by atoms with van der Waals surface area (Å²) in [5.74, 6) is -0.323. The number of rotatable bonds is 4.